The monoisotopic (exact) mass is 384 g/mol. The molecule has 1 atom stereocenters. The fourth-order valence-electron chi connectivity index (χ4n) is 3.92. The maximum Gasteiger partial charge on any atom is 0.122 e. The van der Waals surface area contributed by atoms with Gasteiger partial charge in [0.15, 0.2) is 0 Å². The molecule has 28 heavy (non-hydrogen) atoms. The summed E-state index contributed by atoms with van der Waals surface area (Å²) >= 11 is 0. The summed E-state index contributed by atoms with van der Waals surface area (Å²) in [5.41, 5.74) is 2.56. The van der Waals surface area contributed by atoms with Crippen molar-refractivity contribution < 1.29 is 14.6 Å². The van der Waals surface area contributed by atoms with Crippen molar-refractivity contribution in [2.75, 3.05) is 47.0 Å². The number of nitrogens with zero attached hydrogens (tertiary/aromatic N) is 2. The molecular weight excluding hydrogens is 352 g/mol. The topological polar surface area (TPSA) is 45.2 Å². The zero-order chi connectivity index (χ0) is 19.8. The van der Waals surface area contributed by atoms with Gasteiger partial charge in [-0.1, -0.05) is 30.3 Å². The van der Waals surface area contributed by atoms with Gasteiger partial charge in [-0.15, -0.1) is 0 Å². The highest BCUT2D eigenvalue weighted by atomic mass is 16.5. The zero-order valence-electron chi connectivity index (χ0n) is 17.0. The van der Waals surface area contributed by atoms with Crippen molar-refractivity contribution in [3.8, 4) is 11.5 Å². The van der Waals surface area contributed by atoms with Crippen LogP contribution in [0.1, 0.15) is 17.5 Å². The Kier molecular flexibility index (Phi) is 7.71. The van der Waals surface area contributed by atoms with Crippen molar-refractivity contribution in [3.63, 3.8) is 0 Å². The number of methoxy groups -OCH3 is 2. The van der Waals surface area contributed by atoms with E-state index in [-0.39, 0.29) is 6.61 Å². The molecule has 5 nitrogen and oxygen atoms in total. The van der Waals surface area contributed by atoms with Gasteiger partial charge in [0.05, 0.1) is 14.2 Å². The smallest absolute Gasteiger partial charge is 0.122 e. The van der Waals surface area contributed by atoms with Crippen molar-refractivity contribution in [2.45, 2.75) is 25.4 Å². The minimum atomic E-state index is 0.217. The summed E-state index contributed by atoms with van der Waals surface area (Å²) in [4.78, 5) is 5.00. The van der Waals surface area contributed by atoms with Crippen molar-refractivity contribution in [1.82, 2.24) is 9.80 Å². The molecule has 0 amide bonds. The lowest BCUT2D eigenvalue weighted by Crippen LogP contribution is -2.53. The number of aliphatic hydroxyl groups is 1. The molecule has 152 valence electrons. The van der Waals surface area contributed by atoms with Gasteiger partial charge in [0.2, 0.25) is 0 Å². The largest absolute Gasteiger partial charge is 0.497 e. The minimum Gasteiger partial charge on any atom is -0.497 e. The Balaban J connectivity index is 1.61. The van der Waals surface area contributed by atoms with Crippen LogP contribution in [0.25, 0.3) is 0 Å². The predicted octanol–water partition coefficient (Wildman–Crippen LogP) is 2.82. The molecule has 1 saturated heterocycles. The summed E-state index contributed by atoms with van der Waals surface area (Å²) in [6.07, 6.45) is 1.86. The van der Waals surface area contributed by atoms with Gasteiger partial charge in [0.25, 0.3) is 0 Å². The first kappa shape index (κ1) is 20.6. The van der Waals surface area contributed by atoms with E-state index in [4.69, 9.17) is 9.47 Å². The summed E-state index contributed by atoms with van der Waals surface area (Å²) < 4.78 is 10.8. The molecule has 2 aromatic carbocycles. The Morgan fingerprint density at radius 3 is 2.32 bits per heavy atom. The molecule has 0 spiro atoms. The van der Waals surface area contributed by atoms with E-state index in [0.29, 0.717) is 6.04 Å². The van der Waals surface area contributed by atoms with Crippen LogP contribution in [0, 0.1) is 0 Å². The number of aliphatic hydroxyl groups excluding tert-OH is 1. The number of piperazine rings is 1. The lowest BCUT2D eigenvalue weighted by atomic mass is 10.1. The average molecular weight is 385 g/mol. The lowest BCUT2D eigenvalue weighted by Gasteiger charge is -2.41. The third-order valence-electron chi connectivity index (χ3n) is 5.51. The summed E-state index contributed by atoms with van der Waals surface area (Å²) in [6.45, 7) is 5.16. The molecule has 5 heteroatoms. The summed E-state index contributed by atoms with van der Waals surface area (Å²) in [5.74, 6) is 1.63. The van der Waals surface area contributed by atoms with Gasteiger partial charge >= 0.3 is 0 Å². The van der Waals surface area contributed by atoms with Crippen LogP contribution in [-0.4, -0.2) is 68.0 Å². The summed E-state index contributed by atoms with van der Waals surface area (Å²) in [6, 6.07) is 17.0. The number of hydrogen-bond donors (Lipinski definition) is 1. The van der Waals surface area contributed by atoms with Gasteiger partial charge in [0, 0.05) is 51.4 Å². The Labute approximate surface area is 168 Å². The van der Waals surface area contributed by atoms with Gasteiger partial charge < -0.3 is 19.5 Å². The Morgan fingerprint density at radius 1 is 0.964 bits per heavy atom. The second-order valence-electron chi connectivity index (χ2n) is 7.39. The van der Waals surface area contributed by atoms with E-state index in [9.17, 15) is 5.11 Å². The zero-order valence-corrected chi connectivity index (χ0v) is 17.0. The van der Waals surface area contributed by atoms with E-state index in [1.54, 1.807) is 14.2 Å². The van der Waals surface area contributed by atoms with Crippen LogP contribution in [0.4, 0.5) is 0 Å². The third kappa shape index (κ3) is 5.71. The van der Waals surface area contributed by atoms with E-state index >= 15 is 0 Å². The van der Waals surface area contributed by atoms with Crippen LogP contribution >= 0.6 is 0 Å². The van der Waals surface area contributed by atoms with Crippen molar-refractivity contribution in [3.05, 3.63) is 59.7 Å². The lowest BCUT2D eigenvalue weighted by molar-refractivity contribution is 0.0543. The van der Waals surface area contributed by atoms with E-state index in [0.717, 1.165) is 57.1 Å². The maximum atomic E-state index is 9.58. The Bertz CT molecular complexity index is 701. The molecule has 3 rings (SSSR count). The molecular formula is C23H32N2O3. The van der Waals surface area contributed by atoms with Crippen LogP contribution in [0.15, 0.2) is 48.5 Å². The first-order valence-corrected chi connectivity index (χ1v) is 10.0. The molecule has 1 N–H and O–H groups in total. The molecule has 0 aliphatic carbocycles. The Hall–Kier alpha value is -2.08. The van der Waals surface area contributed by atoms with E-state index < -0.39 is 0 Å². The summed E-state index contributed by atoms with van der Waals surface area (Å²) in [7, 11) is 3.36. The highest BCUT2D eigenvalue weighted by Crippen LogP contribution is 2.25. The van der Waals surface area contributed by atoms with Crippen molar-refractivity contribution >= 4 is 0 Å². The summed E-state index contributed by atoms with van der Waals surface area (Å²) in [5, 5.41) is 9.58. The van der Waals surface area contributed by atoms with E-state index in [2.05, 4.69) is 52.3 Å². The van der Waals surface area contributed by atoms with Gasteiger partial charge in [0.1, 0.15) is 11.5 Å². The van der Waals surface area contributed by atoms with Crippen LogP contribution in [0.3, 0.4) is 0 Å². The maximum absolute atomic E-state index is 9.58. The van der Waals surface area contributed by atoms with Gasteiger partial charge in [-0.05, 0) is 36.1 Å². The molecule has 0 aromatic heterocycles. The first-order chi connectivity index (χ1) is 13.7. The van der Waals surface area contributed by atoms with Gasteiger partial charge in [-0.25, -0.2) is 0 Å². The highest BCUT2D eigenvalue weighted by Gasteiger charge is 2.26. The predicted molar refractivity (Wildman–Crippen MR) is 112 cm³/mol. The molecule has 0 bridgehead atoms. The van der Waals surface area contributed by atoms with E-state index in [1.807, 2.05) is 6.07 Å². The molecule has 1 heterocycles. The molecule has 2 aromatic rings. The van der Waals surface area contributed by atoms with Crippen LogP contribution < -0.4 is 9.47 Å². The average Bonchev–Trinajstić information content (AvgIpc) is 2.74. The second kappa shape index (κ2) is 10.5. The number of rotatable bonds is 9. The van der Waals surface area contributed by atoms with Crippen LogP contribution in [-0.2, 0) is 13.0 Å². The molecule has 1 aliphatic rings. The standard InChI is InChI=1S/C23H32N2O3/c1-27-22-14-20(15-23(16-22)28-2)17-25-12-11-24(18-21(25)9-13-26)10-8-19-6-4-3-5-7-19/h3-7,14-16,21,26H,8-13,17-18H2,1-2H3/t21-/m0/s1. The Morgan fingerprint density at radius 2 is 1.68 bits per heavy atom. The van der Waals surface area contributed by atoms with Crippen LogP contribution in [0.5, 0.6) is 11.5 Å². The third-order valence-corrected chi connectivity index (χ3v) is 5.51. The SMILES string of the molecule is COc1cc(CN2CCN(CCc3ccccc3)C[C@@H]2CCO)cc(OC)c1. The molecule has 0 radical (unpaired) electrons. The van der Waals surface area contributed by atoms with Crippen molar-refractivity contribution in [2.24, 2.45) is 0 Å². The molecule has 0 unspecified atom stereocenters. The second-order valence-corrected chi connectivity index (χ2v) is 7.39. The molecule has 1 aliphatic heterocycles. The molecule has 1 fully saturated rings. The van der Waals surface area contributed by atoms with Crippen molar-refractivity contribution in [1.29, 1.82) is 0 Å². The number of hydrogen-bond acceptors (Lipinski definition) is 5. The quantitative estimate of drug-likeness (QED) is 0.720. The normalized spacial score (nSPS) is 18.2. The van der Waals surface area contributed by atoms with Crippen LogP contribution in [0.2, 0.25) is 0 Å². The first-order valence-electron chi connectivity index (χ1n) is 10.0. The number of benzene rings is 2. The van der Waals surface area contributed by atoms with E-state index in [1.165, 1.54) is 11.1 Å². The fourth-order valence-corrected chi connectivity index (χ4v) is 3.92. The number of ether oxygens (including phenoxy) is 2. The minimum absolute atomic E-state index is 0.217. The molecule has 0 saturated carbocycles. The highest BCUT2D eigenvalue weighted by molar-refractivity contribution is 5.38. The van der Waals surface area contributed by atoms with Gasteiger partial charge in [-0.3, -0.25) is 4.90 Å². The fraction of sp³-hybridized carbons (Fsp3) is 0.478. The van der Waals surface area contributed by atoms with Gasteiger partial charge in [-0.2, -0.15) is 0 Å².